The zero-order valence-electron chi connectivity index (χ0n) is 10.8. The van der Waals surface area contributed by atoms with E-state index in [0.29, 0.717) is 25.3 Å². The molecule has 1 rings (SSSR count). The molecular formula is C14H17FN2O2. The molecule has 0 aromatic heterocycles. The number of carbonyl (C=O) groups is 1. The molecule has 5 heteroatoms. The van der Waals surface area contributed by atoms with Gasteiger partial charge in [-0.25, -0.2) is 4.39 Å². The molecule has 102 valence electrons. The standard InChI is InChI=1S/C14H17FN2O2/c1-2-19-9-8-17-14(18)12-6-5-11(4-3-7-16)10-13(12)15/h5-6,10H,2,7-9,16H2,1H3,(H,17,18). The summed E-state index contributed by atoms with van der Waals surface area (Å²) in [6, 6.07) is 4.22. The highest BCUT2D eigenvalue weighted by atomic mass is 19.1. The van der Waals surface area contributed by atoms with Gasteiger partial charge in [-0.3, -0.25) is 4.79 Å². The zero-order chi connectivity index (χ0) is 14.1. The molecule has 0 atom stereocenters. The van der Waals surface area contributed by atoms with E-state index in [9.17, 15) is 9.18 Å². The lowest BCUT2D eigenvalue weighted by Gasteiger charge is -2.06. The van der Waals surface area contributed by atoms with Gasteiger partial charge in [-0.2, -0.15) is 0 Å². The van der Waals surface area contributed by atoms with Gasteiger partial charge in [0, 0.05) is 18.7 Å². The summed E-state index contributed by atoms with van der Waals surface area (Å²) in [5.74, 6) is 4.27. The number of ether oxygens (including phenoxy) is 1. The van der Waals surface area contributed by atoms with Crippen molar-refractivity contribution >= 4 is 5.91 Å². The summed E-state index contributed by atoms with van der Waals surface area (Å²) in [7, 11) is 0. The second kappa shape index (κ2) is 8.25. The van der Waals surface area contributed by atoms with Crippen LogP contribution in [0.1, 0.15) is 22.8 Å². The third-order valence-electron chi connectivity index (χ3n) is 2.28. The molecule has 3 N–H and O–H groups in total. The van der Waals surface area contributed by atoms with Crippen LogP contribution in [-0.2, 0) is 4.74 Å². The van der Waals surface area contributed by atoms with E-state index in [1.165, 1.54) is 12.1 Å². The summed E-state index contributed by atoms with van der Waals surface area (Å²) in [6.45, 7) is 3.41. The van der Waals surface area contributed by atoms with Crippen LogP contribution in [0, 0.1) is 17.7 Å². The van der Waals surface area contributed by atoms with Crippen LogP contribution in [0.3, 0.4) is 0 Å². The van der Waals surface area contributed by atoms with Gasteiger partial charge in [0.05, 0.1) is 18.7 Å². The summed E-state index contributed by atoms with van der Waals surface area (Å²) in [5, 5.41) is 2.58. The molecule has 0 aliphatic heterocycles. The van der Waals surface area contributed by atoms with Crippen molar-refractivity contribution in [3.05, 3.63) is 35.1 Å². The lowest BCUT2D eigenvalue weighted by molar-refractivity contribution is 0.0918. The van der Waals surface area contributed by atoms with E-state index in [1.807, 2.05) is 6.92 Å². The van der Waals surface area contributed by atoms with Crippen molar-refractivity contribution in [2.45, 2.75) is 6.92 Å². The molecule has 19 heavy (non-hydrogen) atoms. The van der Waals surface area contributed by atoms with Crippen LogP contribution in [0.25, 0.3) is 0 Å². The van der Waals surface area contributed by atoms with E-state index < -0.39 is 11.7 Å². The third-order valence-corrected chi connectivity index (χ3v) is 2.28. The summed E-state index contributed by atoms with van der Waals surface area (Å²) < 4.78 is 18.8. The van der Waals surface area contributed by atoms with Crippen LogP contribution < -0.4 is 11.1 Å². The first kappa shape index (κ1) is 15.2. The first-order valence-electron chi connectivity index (χ1n) is 6.03. The molecular weight excluding hydrogens is 247 g/mol. The van der Waals surface area contributed by atoms with Crippen molar-refractivity contribution in [1.29, 1.82) is 0 Å². The largest absolute Gasteiger partial charge is 0.380 e. The molecule has 0 aliphatic carbocycles. The van der Waals surface area contributed by atoms with Gasteiger partial charge in [-0.15, -0.1) is 0 Å². The number of halogens is 1. The maximum Gasteiger partial charge on any atom is 0.254 e. The van der Waals surface area contributed by atoms with Crippen LogP contribution >= 0.6 is 0 Å². The van der Waals surface area contributed by atoms with Gasteiger partial charge < -0.3 is 15.8 Å². The Morgan fingerprint density at radius 3 is 2.95 bits per heavy atom. The summed E-state index contributed by atoms with van der Waals surface area (Å²) in [5.41, 5.74) is 5.72. The molecule has 4 nitrogen and oxygen atoms in total. The van der Waals surface area contributed by atoms with Crippen molar-refractivity contribution < 1.29 is 13.9 Å². The van der Waals surface area contributed by atoms with E-state index in [0.717, 1.165) is 0 Å². The van der Waals surface area contributed by atoms with E-state index >= 15 is 0 Å². The number of hydrogen-bond donors (Lipinski definition) is 2. The van der Waals surface area contributed by atoms with Gasteiger partial charge in [0.15, 0.2) is 0 Å². The van der Waals surface area contributed by atoms with Crippen LogP contribution in [0.2, 0.25) is 0 Å². The maximum absolute atomic E-state index is 13.7. The van der Waals surface area contributed by atoms with Crippen LogP contribution in [0.4, 0.5) is 4.39 Å². The smallest absolute Gasteiger partial charge is 0.254 e. The monoisotopic (exact) mass is 264 g/mol. The minimum Gasteiger partial charge on any atom is -0.380 e. The van der Waals surface area contributed by atoms with E-state index in [4.69, 9.17) is 10.5 Å². The fraction of sp³-hybridized carbons (Fsp3) is 0.357. The average Bonchev–Trinajstić information content (AvgIpc) is 2.41. The Hall–Kier alpha value is -1.90. The highest BCUT2D eigenvalue weighted by Gasteiger charge is 2.11. The SMILES string of the molecule is CCOCCNC(=O)c1ccc(C#CCN)cc1F. The van der Waals surface area contributed by atoms with Gasteiger partial charge in [0.25, 0.3) is 5.91 Å². The zero-order valence-corrected chi connectivity index (χ0v) is 10.8. The van der Waals surface area contributed by atoms with Crippen molar-refractivity contribution in [2.75, 3.05) is 26.3 Å². The Morgan fingerprint density at radius 2 is 2.32 bits per heavy atom. The Kier molecular flexibility index (Phi) is 6.58. The van der Waals surface area contributed by atoms with Gasteiger partial charge in [0.2, 0.25) is 0 Å². The fourth-order valence-corrected chi connectivity index (χ4v) is 1.41. The molecule has 0 radical (unpaired) electrons. The fourth-order valence-electron chi connectivity index (χ4n) is 1.41. The molecule has 0 spiro atoms. The normalized spacial score (nSPS) is 9.63. The molecule has 0 saturated heterocycles. The number of nitrogens with one attached hydrogen (secondary N) is 1. The summed E-state index contributed by atoms with van der Waals surface area (Å²) in [6.07, 6.45) is 0. The maximum atomic E-state index is 13.7. The Bertz CT molecular complexity index is 492. The molecule has 0 unspecified atom stereocenters. The van der Waals surface area contributed by atoms with Gasteiger partial charge >= 0.3 is 0 Å². The third kappa shape index (κ3) is 5.08. The average molecular weight is 264 g/mol. The quantitative estimate of drug-likeness (QED) is 0.613. The van der Waals surface area contributed by atoms with E-state index in [-0.39, 0.29) is 12.1 Å². The number of nitrogens with two attached hydrogens (primary N) is 1. The molecule has 0 bridgehead atoms. The second-order valence-corrected chi connectivity index (χ2v) is 3.65. The molecule has 0 aliphatic rings. The van der Waals surface area contributed by atoms with Gasteiger partial charge in [-0.05, 0) is 25.1 Å². The Balaban J connectivity index is 2.65. The summed E-state index contributed by atoms with van der Waals surface area (Å²) in [4.78, 5) is 11.7. The lowest BCUT2D eigenvalue weighted by Crippen LogP contribution is -2.28. The number of rotatable bonds is 5. The van der Waals surface area contributed by atoms with E-state index in [2.05, 4.69) is 17.2 Å². The predicted molar refractivity (Wildman–Crippen MR) is 71.2 cm³/mol. The van der Waals surface area contributed by atoms with Crippen molar-refractivity contribution in [2.24, 2.45) is 5.73 Å². The molecule has 0 fully saturated rings. The second-order valence-electron chi connectivity index (χ2n) is 3.65. The summed E-state index contributed by atoms with van der Waals surface area (Å²) >= 11 is 0. The van der Waals surface area contributed by atoms with Crippen LogP contribution in [0.15, 0.2) is 18.2 Å². The highest BCUT2D eigenvalue weighted by Crippen LogP contribution is 2.09. The predicted octanol–water partition coefficient (Wildman–Crippen LogP) is 0.902. The molecule has 1 aromatic rings. The lowest BCUT2D eigenvalue weighted by atomic mass is 10.1. The van der Waals surface area contributed by atoms with Crippen molar-refractivity contribution in [3.8, 4) is 11.8 Å². The Labute approximate surface area is 112 Å². The molecule has 1 amide bonds. The van der Waals surface area contributed by atoms with Gasteiger partial charge in [-0.1, -0.05) is 11.8 Å². The molecule has 0 heterocycles. The van der Waals surface area contributed by atoms with Crippen molar-refractivity contribution in [1.82, 2.24) is 5.32 Å². The number of amides is 1. The first-order chi connectivity index (χ1) is 9.19. The number of carbonyl (C=O) groups excluding carboxylic acids is 1. The topological polar surface area (TPSA) is 64.3 Å². The highest BCUT2D eigenvalue weighted by molar-refractivity contribution is 5.94. The molecule has 0 saturated carbocycles. The molecule has 1 aromatic carbocycles. The minimum absolute atomic E-state index is 0.00482. The number of benzene rings is 1. The van der Waals surface area contributed by atoms with Gasteiger partial charge in [0.1, 0.15) is 5.82 Å². The minimum atomic E-state index is -0.599. The van der Waals surface area contributed by atoms with Crippen LogP contribution in [0.5, 0.6) is 0 Å². The first-order valence-corrected chi connectivity index (χ1v) is 6.03. The number of hydrogen-bond acceptors (Lipinski definition) is 3. The Morgan fingerprint density at radius 1 is 1.53 bits per heavy atom. The van der Waals surface area contributed by atoms with E-state index in [1.54, 1.807) is 6.07 Å². The van der Waals surface area contributed by atoms with Crippen LogP contribution in [-0.4, -0.2) is 32.2 Å². The van der Waals surface area contributed by atoms with Crippen molar-refractivity contribution in [3.63, 3.8) is 0 Å².